The van der Waals surface area contributed by atoms with Crippen molar-refractivity contribution >= 4 is 17.3 Å². The number of nitrogen functional groups attached to an aromatic ring is 1. The van der Waals surface area contributed by atoms with Crippen LogP contribution in [-0.2, 0) is 0 Å². The van der Waals surface area contributed by atoms with E-state index in [1.165, 1.54) is 11.6 Å². The summed E-state index contributed by atoms with van der Waals surface area (Å²) in [6.45, 7) is 4.10. The number of carbonyl (C=O) groups is 1. The molecule has 0 fully saturated rings. The molecule has 0 saturated carbocycles. The Hall–Kier alpha value is -2.49. The molecule has 0 saturated heterocycles. The van der Waals surface area contributed by atoms with Gasteiger partial charge in [-0.2, -0.15) is 0 Å². The molecule has 0 bridgehead atoms. The summed E-state index contributed by atoms with van der Waals surface area (Å²) in [5.41, 5.74) is 9.31. The quantitative estimate of drug-likeness (QED) is 0.744. The molecule has 0 heterocycles. The third-order valence-electron chi connectivity index (χ3n) is 3.24. The van der Waals surface area contributed by atoms with E-state index in [1.54, 1.807) is 12.1 Å². The highest BCUT2D eigenvalue weighted by Crippen LogP contribution is 2.23. The molecule has 0 aliphatic carbocycles. The van der Waals surface area contributed by atoms with Crippen molar-refractivity contribution in [3.8, 4) is 0 Å². The lowest BCUT2D eigenvalue weighted by Gasteiger charge is -2.16. The molecule has 0 amide bonds. The van der Waals surface area contributed by atoms with Gasteiger partial charge in [-0.25, -0.2) is 4.79 Å². The van der Waals surface area contributed by atoms with Crippen molar-refractivity contribution in [2.75, 3.05) is 11.1 Å². The Kier molecular flexibility index (Phi) is 3.94. The van der Waals surface area contributed by atoms with Crippen molar-refractivity contribution in [2.45, 2.75) is 19.9 Å². The summed E-state index contributed by atoms with van der Waals surface area (Å²) in [5, 5.41) is 12.3. The maximum absolute atomic E-state index is 10.9. The molecule has 0 radical (unpaired) electrons. The number of anilines is 2. The molecule has 0 aliphatic rings. The van der Waals surface area contributed by atoms with E-state index in [4.69, 9.17) is 10.8 Å². The van der Waals surface area contributed by atoms with Crippen LogP contribution >= 0.6 is 0 Å². The average molecular weight is 270 g/mol. The Morgan fingerprint density at radius 2 is 1.85 bits per heavy atom. The predicted molar refractivity (Wildman–Crippen MR) is 81.0 cm³/mol. The number of benzene rings is 2. The number of nitrogens with one attached hydrogen (secondary N) is 1. The summed E-state index contributed by atoms with van der Waals surface area (Å²) in [6, 6.07) is 13.3. The third kappa shape index (κ3) is 3.09. The van der Waals surface area contributed by atoms with Gasteiger partial charge in [0.25, 0.3) is 0 Å². The summed E-state index contributed by atoms with van der Waals surface area (Å²) in [7, 11) is 0. The number of carboxylic acid groups (broad SMARTS) is 1. The minimum Gasteiger partial charge on any atom is -0.478 e. The Bertz CT molecular complexity index is 621. The van der Waals surface area contributed by atoms with Gasteiger partial charge >= 0.3 is 5.97 Å². The van der Waals surface area contributed by atoms with Crippen LogP contribution in [0.2, 0.25) is 0 Å². The number of rotatable bonds is 4. The third-order valence-corrected chi connectivity index (χ3v) is 3.24. The summed E-state index contributed by atoms with van der Waals surface area (Å²) in [4.78, 5) is 10.9. The smallest absolute Gasteiger partial charge is 0.337 e. The topological polar surface area (TPSA) is 75.3 Å². The van der Waals surface area contributed by atoms with Crippen LogP contribution in [0, 0.1) is 6.92 Å². The molecule has 4 nitrogen and oxygen atoms in total. The first kappa shape index (κ1) is 13.9. The highest BCUT2D eigenvalue weighted by molar-refractivity contribution is 5.94. The fourth-order valence-electron chi connectivity index (χ4n) is 2.04. The molecule has 2 aromatic carbocycles. The van der Waals surface area contributed by atoms with Gasteiger partial charge in [0.15, 0.2) is 0 Å². The van der Waals surface area contributed by atoms with Gasteiger partial charge in [0.05, 0.1) is 5.56 Å². The first-order valence-corrected chi connectivity index (χ1v) is 6.43. The number of aryl methyl sites for hydroxylation is 1. The van der Waals surface area contributed by atoms with E-state index >= 15 is 0 Å². The Morgan fingerprint density at radius 3 is 2.40 bits per heavy atom. The number of hydrogen-bond donors (Lipinski definition) is 3. The van der Waals surface area contributed by atoms with Gasteiger partial charge < -0.3 is 16.2 Å². The van der Waals surface area contributed by atoms with Crippen LogP contribution in [0.25, 0.3) is 0 Å². The van der Waals surface area contributed by atoms with Gasteiger partial charge in [-0.05, 0) is 37.6 Å². The average Bonchev–Trinajstić information content (AvgIpc) is 2.39. The van der Waals surface area contributed by atoms with Crippen molar-refractivity contribution in [2.24, 2.45) is 0 Å². The van der Waals surface area contributed by atoms with Crippen molar-refractivity contribution in [3.05, 3.63) is 59.2 Å². The zero-order chi connectivity index (χ0) is 14.7. The lowest BCUT2D eigenvalue weighted by atomic mass is 10.1. The molecule has 1 atom stereocenters. The van der Waals surface area contributed by atoms with E-state index in [9.17, 15) is 4.79 Å². The molecule has 4 N–H and O–H groups in total. The molecule has 0 spiro atoms. The largest absolute Gasteiger partial charge is 0.478 e. The molecule has 4 heteroatoms. The number of nitrogens with two attached hydrogens (primary N) is 1. The lowest BCUT2D eigenvalue weighted by Crippen LogP contribution is -2.08. The molecule has 2 rings (SSSR count). The van der Waals surface area contributed by atoms with E-state index in [0.29, 0.717) is 0 Å². The molecule has 1 unspecified atom stereocenters. The Morgan fingerprint density at radius 1 is 1.20 bits per heavy atom. The van der Waals surface area contributed by atoms with Gasteiger partial charge in [0.2, 0.25) is 0 Å². The van der Waals surface area contributed by atoms with Gasteiger partial charge in [0, 0.05) is 17.4 Å². The van der Waals surface area contributed by atoms with Crippen LogP contribution in [0.1, 0.15) is 34.5 Å². The van der Waals surface area contributed by atoms with E-state index in [2.05, 4.69) is 29.6 Å². The second-order valence-electron chi connectivity index (χ2n) is 4.88. The zero-order valence-electron chi connectivity index (χ0n) is 11.6. The highest BCUT2D eigenvalue weighted by atomic mass is 16.4. The van der Waals surface area contributed by atoms with E-state index < -0.39 is 5.97 Å². The molecular weight excluding hydrogens is 252 g/mol. The standard InChI is InChI=1S/C16H18N2O2/c1-10-3-5-12(6-4-10)11(2)18-13-7-8-14(16(19)20)15(17)9-13/h3-9,11,18H,17H2,1-2H3,(H,19,20). The first-order valence-electron chi connectivity index (χ1n) is 6.43. The van der Waals surface area contributed by atoms with Crippen LogP contribution in [0.5, 0.6) is 0 Å². The second-order valence-corrected chi connectivity index (χ2v) is 4.88. The predicted octanol–water partition coefficient (Wildman–Crippen LogP) is 3.45. The van der Waals surface area contributed by atoms with Gasteiger partial charge in [-0.15, -0.1) is 0 Å². The van der Waals surface area contributed by atoms with Crippen LogP contribution in [-0.4, -0.2) is 11.1 Å². The van der Waals surface area contributed by atoms with E-state index in [0.717, 1.165) is 11.3 Å². The van der Waals surface area contributed by atoms with Crippen LogP contribution in [0.15, 0.2) is 42.5 Å². The molecule has 20 heavy (non-hydrogen) atoms. The number of aromatic carboxylic acids is 1. The Labute approximate surface area is 118 Å². The number of hydrogen-bond acceptors (Lipinski definition) is 3. The van der Waals surface area contributed by atoms with Crippen molar-refractivity contribution in [1.29, 1.82) is 0 Å². The minimum atomic E-state index is -1.01. The fourth-order valence-corrected chi connectivity index (χ4v) is 2.04. The van der Waals surface area contributed by atoms with Crippen molar-refractivity contribution in [3.63, 3.8) is 0 Å². The minimum absolute atomic E-state index is 0.116. The highest BCUT2D eigenvalue weighted by Gasteiger charge is 2.10. The Balaban J connectivity index is 2.15. The summed E-state index contributed by atoms with van der Waals surface area (Å²) in [6.07, 6.45) is 0. The first-order chi connectivity index (χ1) is 9.47. The molecule has 104 valence electrons. The summed E-state index contributed by atoms with van der Waals surface area (Å²) in [5.74, 6) is -1.01. The van der Waals surface area contributed by atoms with Gasteiger partial charge in [-0.3, -0.25) is 0 Å². The second kappa shape index (κ2) is 5.65. The van der Waals surface area contributed by atoms with Crippen molar-refractivity contribution in [1.82, 2.24) is 0 Å². The SMILES string of the molecule is Cc1ccc(C(C)Nc2ccc(C(=O)O)c(N)c2)cc1. The van der Waals surface area contributed by atoms with E-state index in [-0.39, 0.29) is 17.3 Å². The zero-order valence-corrected chi connectivity index (χ0v) is 11.6. The van der Waals surface area contributed by atoms with Crippen LogP contribution in [0.4, 0.5) is 11.4 Å². The maximum Gasteiger partial charge on any atom is 0.337 e. The molecular formula is C16H18N2O2. The van der Waals surface area contributed by atoms with Crippen molar-refractivity contribution < 1.29 is 9.90 Å². The summed E-state index contributed by atoms with van der Waals surface area (Å²) < 4.78 is 0. The summed E-state index contributed by atoms with van der Waals surface area (Å²) >= 11 is 0. The van der Waals surface area contributed by atoms with Crippen LogP contribution in [0.3, 0.4) is 0 Å². The van der Waals surface area contributed by atoms with Crippen LogP contribution < -0.4 is 11.1 Å². The van der Waals surface area contributed by atoms with Gasteiger partial charge in [-0.1, -0.05) is 29.8 Å². The lowest BCUT2D eigenvalue weighted by molar-refractivity contribution is 0.0698. The molecule has 0 aliphatic heterocycles. The monoisotopic (exact) mass is 270 g/mol. The molecule has 0 aromatic heterocycles. The normalized spacial score (nSPS) is 11.9. The number of carboxylic acids is 1. The fraction of sp³-hybridized carbons (Fsp3) is 0.188. The maximum atomic E-state index is 10.9. The van der Waals surface area contributed by atoms with Gasteiger partial charge in [0.1, 0.15) is 0 Å². The molecule has 2 aromatic rings. The van der Waals surface area contributed by atoms with E-state index in [1.807, 2.05) is 13.8 Å².